The van der Waals surface area contributed by atoms with Crippen LogP contribution in [0.2, 0.25) is 10.0 Å². The molecule has 8 heteroatoms. The van der Waals surface area contributed by atoms with Gasteiger partial charge in [0, 0.05) is 5.56 Å². The third kappa shape index (κ3) is 2.73. The molecule has 1 aromatic heterocycles. The number of hydrogen-bond donors (Lipinski definition) is 1. The zero-order valence-electron chi connectivity index (χ0n) is 12.3. The average Bonchev–Trinajstić information content (AvgIpc) is 2.54. The molecule has 0 saturated carbocycles. The van der Waals surface area contributed by atoms with Gasteiger partial charge in [-0.1, -0.05) is 35.3 Å². The lowest BCUT2D eigenvalue weighted by molar-refractivity contribution is 0.0953. The Bertz CT molecular complexity index is 1070. The van der Waals surface area contributed by atoms with Crippen molar-refractivity contribution in [2.45, 2.75) is 0 Å². The Hall–Kier alpha value is -2.15. The fourth-order valence-corrected chi connectivity index (χ4v) is 3.27. The molecule has 1 heterocycles. The summed E-state index contributed by atoms with van der Waals surface area (Å²) < 4.78 is 5.92. The minimum atomic E-state index is -0.626. The van der Waals surface area contributed by atoms with E-state index in [0.717, 1.165) is 4.57 Å². The maximum absolute atomic E-state index is 12.8. The lowest BCUT2D eigenvalue weighted by Crippen LogP contribution is -2.29. The lowest BCUT2D eigenvalue weighted by atomic mass is 10.2. The second-order valence-corrected chi connectivity index (χ2v) is 6.10. The first kappa shape index (κ1) is 16.7. The summed E-state index contributed by atoms with van der Waals surface area (Å²) in [5, 5.41) is 0.680. The van der Waals surface area contributed by atoms with E-state index in [4.69, 9.17) is 40.2 Å². The SMILES string of the molecule is COc1c(Cl)cc(C(=O)n2c(=S)[nH]c3ccccc3c2=O)cc1Cl. The van der Waals surface area contributed by atoms with Crippen LogP contribution in [-0.2, 0) is 0 Å². The number of halogens is 2. The van der Waals surface area contributed by atoms with E-state index in [1.807, 2.05) is 0 Å². The van der Waals surface area contributed by atoms with E-state index in [0.29, 0.717) is 10.9 Å². The van der Waals surface area contributed by atoms with E-state index in [9.17, 15) is 9.59 Å². The number of carbonyl (C=O) groups is 1. The molecule has 3 rings (SSSR count). The molecule has 0 radical (unpaired) electrons. The van der Waals surface area contributed by atoms with Gasteiger partial charge in [-0.15, -0.1) is 0 Å². The number of nitrogens with one attached hydrogen (secondary N) is 1. The summed E-state index contributed by atoms with van der Waals surface area (Å²) in [5.74, 6) is -0.371. The monoisotopic (exact) mass is 380 g/mol. The van der Waals surface area contributed by atoms with E-state index in [1.54, 1.807) is 24.3 Å². The number of H-pyrrole nitrogens is 1. The second kappa shape index (κ2) is 6.39. The summed E-state index contributed by atoms with van der Waals surface area (Å²) >= 11 is 17.3. The Kier molecular flexibility index (Phi) is 4.45. The van der Waals surface area contributed by atoms with Crippen LogP contribution in [0.15, 0.2) is 41.2 Å². The molecule has 122 valence electrons. The van der Waals surface area contributed by atoms with E-state index in [2.05, 4.69) is 4.98 Å². The summed E-state index contributed by atoms with van der Waals surface area (Å²) in [6.07, 6.45) is 0. The number of aromatic nitrogens is 2. The van der Waals surface area contributed by atoms with Gasteiger partial charge in [0.2, 0.25) is 0 Å². The van der Waals surface area contributed by atoms with E-state index < -0.39 is 11.5 Å². The fraction of sp³-hybridized carbons (Fsp3) is 0.0625. The van der Waals surface area contributed by atoms with Crippen molar-refractivity contribution < 1.29 is 9.53 Å². The molecular weight excluding hydrogens is 371 g/mol. The number of methoxy groups -OCH3 is 1. The number of hydrogen-bond acceptors (Lipinski definition) is 4. The van der Waals surface area contributed by atoms with Crippen LogP contribution in [0.1, 0.15) is 10.4 Å². The Morgan fingerprint density at radius 3 is 2.46 bits per heavy atom. The highest BCUT2D eigenvalue weighted by Crippen LogP contribution is 2.34. The van der Waals surface area contributed by atoms with Gasteiger partial charge in [0.15, 0.2) is 10.5 Å². The van der Waals surface area contributed by atoms with Gasteiger partial charge in [0.1, 0.15) is 0 Å². The van der Waals surface area contributed by atoms with Crippen LogP contribution in [0, 0.1) is 4.77 Å². The molecule has 0 bridgehead atoms. The summed E-state index contributed by atoms with van der Waals surface area (Å²) in [5.41, 5.74) is 0.174. The third-order valence-corrected chi connectivity index (χ3v) is 4.30. The van der Waals surface area contributed by atoms with Crippen molar-refractivity contribution in [1.82, 2.24) is 9.55 Å². The number of aromatic amines is 1. The minimum Gasteiger partial charge on any atom is -0.494 e. The van der Waals surface area contributed by atoms with Crippen molar-refractivity contribution in [3.63, 3.8) is 0 Å². The van der Waals surface area contributed by atoms with Gasteiger partial charge < -0.3 is 9.72 Å². The molecule has 1 N–H and O–H groups in total. The topological polar surface area (TPSA) is 64.1 Å². The van der Waals surface area contributed by atoms with Crippen LogP contribution in [0.25, 0.3) is 10.9 Å². The first-order valence-corrected chi connectivity index (χ1v) is 7.92. The predicted octanol–water partition coefficient (Wildman–Crippen LogP) is 4.06. The number of para-hydroxylation sites is 1. The largest absolute Gasteiger partial charge is 0.494 e. The molecule has 0 saturated heterocycles. The van der Waals surface area contributed by atoms with Gasteiger partial charge in [0.25, 0.3) is 11.5 Å². The molecule has 2 aromatic carbocycles. The van der Waals surface area contributed by atoms with Crippen LogP contribution < -0.4 is 10.3 Å². The standard InChI is InChI=1S/C16H10Cl2N2O3S/c1-23-13-10(17)6-8(7-11(13)18)14(21)20-15(22)9-4-2-3-5-12(9)19-16(20)24/h2-7H,1H3,(H,19,24). The van der Waals surface area contributed by atoms with Crippen molar-refractivity contribution in [1.29, 1.82) is 0 Å². The molecule has 0 aliphatic carbocycles. The van der Waals surface area contributed by atoms with Crippen molar-refractivity contribution in [2.24, 2.45) is 0 Å². The van der Waals surface area contributed by atoms with Crippen molar-refractivity contribution in [2.75, 3.05) is 7.11 Å². The third-order valence-electron chi connectivity index (χ3n) is 3.46. The van der Waals surface area contributed by atoms with Gasteiger partial charge in [-0.3, -0.25) is 9.59 Å². The molecule has 0 atom stereocenters. The highest BCUT2D eigenvalue weighted by molar-refractivity contribution is 7.71. The molecule has 0 aliphatic heterocycles. The maximum Gasteiger partial charge on any atom is 0.269 e. The Morgan fingerprint density at radius 1 is 1.21 bits per heavy atom. The summed E-state index contributed by atoms with van der Waals surface area (Å²) in [6, 6.07) is 9.55. The van der Waals surface area contributed by atoms with Crippen molar-refractivity contribution >= 4 is 52.2 Å². The van der Waals surface area contributed by atoms with Crippen LogP contribution >= 0.6 is 35.4 Å². The Balaban J connectivity index is 2.23. The molecule has 5 nitrogen and oxygen atoms in total. The number of carbonyl (C=O) groups excluding carboxylic acids is 1. The number of nitrogens with zero attached hydrogens (tertiary/aromatic N) is 1. The zero-order valence-corrected chi connectivity index (χ0v) is 14.6. The fourth-order valence-electron chi connectivity index (χ4n) is 2.35. The summed E-state index contributed by atoms with van der Waals surface area (Å²) in [7, 11) is 1.42. The molecular formula is C16H10Cl2N2O3S. The predicted molar refractivity (Wildman–Crippen MR) is 96.1 cm³/mol. The van der Waals surface area contributed by atoms with E-state index >= 15 is 0 Å². The smallest absolute Gasteiger partial charge is 0.269 e. The molecule has 24 heavy (non-hydrogen) atoms. The number of ether oxygens (including phenoxy) is 1. The quantitative estimate of drug-likeness (QED) is 0.680. The minimum absolute atomic E-state index is 0.00763. The van der Waals surface area contributed by atoms with Gasteiger partial charge in [0.05, 0.1) is 28.1 Å². The molecule has 0 aliphatic rings. The molecule has 3 aromatic rings. The Morgan fingerprint density at radius 2 is 1.83 bits per heavy atom. The maximum atomic E-state index is 12.8. The molecule has 0 spiro atoms. The molecule has 0 fully saturated rings. The number of benzene rings is 2. The van der Waals surface area contributed by atoms with Gasteiger partial charge >= 0.3 is 0 Å². The average molecular weight is 381 g/mol. The van der Waals surface area contributed by atoms with E-state index in [-0.39, 0.29) is 26.1 Å². The van der Waals surface area contributed by atoms with Crippen molar-refractivity contribution in [3.8, 4) is 5.75 Å². The number of rotatable bonds is 2. The van der Waals surface area contributed by atoms with E-state index in [1.165, 1.54) is 19.2 Å². The lowest BCUT2D eigenvalue weighted by Gasteiger charge is -2.10. The summed E-state index contributed by atoms with van der Waals surface area (Å²) in [6.45, 7) is 0. The second-order valence-electron chi connectivity index (χ2n) is 4.89. The summed E-state index contributed by atoms with van der Waals surface area (Å²) in [4.78, 5) is 28.2. The van der Waals surface area contributed by atoms with Gasteiger partial charge in [-0.2, -0.15) is 0 Å². The number of fused-ring (bicyclic) bond motifs is 1. The Labute approximate surface area is 151 Å². The van der Waals surface area contributed by atoms with Gasteiger partial charge in [-0.05, 0) is 36.5 Å². The molecule has 0 unspecified atom stereocenters. The van der Waals surface area contributed by atoms with Crippen LogP contribution in [0.4, 0.5) is 0 Å². The zero-order chi connectivity index (χ0) is 17.4. The van der Waals surface area contributed by atoms with Gasteiger partial charge in [-0.25, -0.2) is 4.57 Å². The first-order chi connectivity index (χ1) is 11.4. The highest BCUT2D eigenvalue weighted by atomic mass is 35.5. The van der Waals surface area contributed by atoms with Crippen LogP contribution in [0.3, 0.4) is 0 Å². The van der Waals surface area contributed by atoms with Crippen LogP contribution in [-0.4, -0.2) is 22.6 Å². The van der Waals surface area contributed by atoms with Crippen LogP contribution in [0.5, 0.6) is 5.75 Å². The first-order valence-electron chi connectivity index (χ1n) is 6.76. The van der Waals surface area contributed by atoms with Crippen molar-refractivity contribution in [3.05, 3.63) is 67.1 Å². The normalized spacial score (nSPS) is 10.8. The molecule has 0 amide bonds. The highest BCUT2D eigenvalue weighted by Gasteiger charge is 2.18.